The summed E-state index contributed by atoms with van der Waals surface area (Å²) in [5, 5.41) is 4.87. The van der Waals surface area contributed by atoms with Crippen molar-refractivity contribution >= 4 is 18.2 Å². The van der Waals surface area contributed by atoms with E-state index in [9.17, 15) is 14.4 Å². The number of hydrogen-bond acceptors (Lipinski definition) is 6. The van der Waals surface area contributed by atoms with Crippen molar-refractivity contribution in [2.75, 3.05) is 7.11 Å². The Balaban J connectivity index is 4.87. The normalized spacial score (nSPS) is 14.3. The Kier molecular flexibility index (Phi) is 7.33. The number of hydrogen-bond donors (Lipinski definition) is 2. The van der Waals surface area contributed by atoms with E-state index in [1.807, 2.05) is 0 Å². The maximum absolute atomic E-state index is 11.8. The van der Waals surface area contributed by atoms with Gasteiger partial charge in [0.1, 0.15) is 17.2 Å². The molecule has 0 aliphatic heterocycles. The second-order valence-electron chi connectivity index (χ2n) is 7.08. The lowest BCUT2D eigenvalue weighted by atomic mass is 10.1. The molecule has 2 atom stereocenters. The standard InChI is InChI=1S/C15H28N2O6/c1-9(16-12(19)22-14(2,3)4)10(11(18)21-8)17-13(20)23-15(5,6)7/h9-10H,1-8H3,(H,16,19)(H,17,20)/t9-,10-/m0/s1. The lowest BCUT2D eigenvalue weighted by molar-refractivity contribution is -0.143. The van der Waals surface area contributed by atoms with Gasteiger partial charge < -0.3 is 24.8 Å². The lowest BCUT2D eigenvalue weighted by Gasteiger charge is -2.27. The summed E-state index contributed by atoms with van der Waals surface area (Å²) in [6.45, 7) is 11.8. The minimum atomic E-state index is -1.11. The van der Waals surface area contributed by atoms with Crippen LogP contribution in [0.25, 0.3) is 0 Å². The smallest absolute Gasteiger partial charge is 0.408 e. The molecule has 0 bridgehead atoms. The molecule has 0 aromatic carbocycles. The van der Waals surface area contributed by atoms with Crippen molar-refractivity contribution in [3.05, 3.63) is 0 Å². The van der Waals surface area contributed by atoms with Crippen LogP contribution in [-0.2, 0) is 19.0 Å². The highest BCUT2D eigenvalue weighted by Crippen LogP contribution is 2.09. The van der Waals surface area contributed by atoms with Crippen molar-refractivity contribution < 1.29 is 28.6 Å². The third-order valence-electron chi connectivity index (χ3n) is 2.37. The molecule has 0 aliphatic carbocycles. The van der Waals surface area contributed by atoms with E-state index in [4.69, 9.17) is 9.47 Å². The van der Waals surface area contributed by atoms with Crippen LogP contribution >= 0.6 is 0 Å². The third-order valence-corrected chi connectivity index (χ3v) is 2.37. The predicted molar refractivity (Wildman–Crippen MR) is 84.0 cm³/mol. The van der Waals surface area contributed by atoms with Gasteiger partial charge in [0.05, 0.1) is 13.2 Å². The van der Waals surface area contributed by atoms with Crippen LogP contribution in [-0.4, -0.2) is 48.6 Å². The first-order chi connectivity index (χ1) is 10.2. The number of ether oxygens (including phenoxy) is 3. The molecule has 23 heavy (non-hydrogen) atoms. The van der Waals surface area contributed by atoms with Gasteiger partial charge in [-0.1, -0.05) is 0 Å². The highest BCUT2D eigenvalue weighted by molar-refractivity contribution is 5.83. The van der Waals surface area contributed by atoms with Crippen molar-refractivity contribution in [1.82, 2.24) is 10.6 Å². The first-order valence-corrected chi connectivity index (χ1v) is 7.32. The van der Waals surface area contributed by atoms with Crippen LogP contribution in [0.4, 0.5) is 9.59 Å². The summed E-state index contributed by atoms with van der Waals surface area (Å²) in [6, 6.07) is -1.87. The number of amides is 2. The van der Waals surface area contributed by atoms with Crippen LogP contribution in [0.1, 0.15) is 48.5 Å². The minimum absolute atomic E-state index is 0.677. The van der Waals surface area contributed by atoms with Gasteiger partial charge in [0.15, 0.2) is 0 Å². The van der Waals surface area contributed by atoms with E-state index in [0.29, 0.717) is 0 Å². The van der Waals surface area contributed by atoms with Gasteiger partial charge in [-0.05, 0) is 48.5 Å². The Labute approximate surface area is 137 Å². The fourth-order valence-corrected chi connectivity index (χ4v) is 1.53. The summed E-state index contributed by atoms with van der Waals surface area (Å²) in [7, 11) is 1.19. The SMILES string of the molecule is COC(=O)[C@@H](NC(=O)OC(C)(C)C)[C@H](C)NC(=O)OC(C)(C)C. The third kappa shape index (κ3) is 9.59. The van der Waals surface area contributed by atoms with Crippen molar-refractivity contribution in [3.8, 4) is 0 Å². The maximum atomic E-state index is 11.8. The fraction of sp³-hybridized carbons (Fsp3) is 0.800. The second kappa shape index (κ2) is 8.03. The number of rotatable bonds is 4. The molecule has 0 rings (SSSR count). The van der Waals surface area contributed by atoms with Gasteiger partial charge in [0.25, 0.3) is 0 Å². The Morgan fingerprint density at radius 3 is 1.57 bits per heavy atom. The summed E-state index contributed by atoms with van der Waals surface area (Å²) in [5.74, 6) is -0.709. The molecule has 0 aromatic rings. The van der Waals surface area contributed by atoms with E-state index in [1.54, 1.807) is 48.5 Å². The van der Waals surface area contributed by atoms with Crippen LogP contribution in [0.2, 0.25) is 0 Å². The van der Waals surface area contributed by atoms with Crippen molar-refractivity contribution in [1.29, 1.82) is 0 Å². The maximum Gasteiger partial charge on any atom is 0.408 e. The molecule has 0 aliphatic rings. The summed E-state index contributed by atoms with van der Waals surface area (Å²) < 4.78 is 14.9. The van der Waals surface area contributed by atoms with E-state index in [0.717, 1.165) is 0 Å². The predicted octanol–water partition coefficient (Wildman–Crippen LogP) is 1.97. The first-order valence-electron chi connectivity index (χ1n) is 7.32. The van der Waals surface area contributed by atoms with E-state index in [-0.39, 0.29) is 0 Å². The quantitative estimate of drug-likeness (QED) is 0.602. The molecule has 0 unspecified atom stereocenters. The van der Waals surface area contributed by atoms with Gasteiger partial charge in [-0.2, -0.15) is 0 Å². The summed E-state index contributed by atoms with van der Waals surface area (Å²) in [5.41, 5.74) is -1.39. The molecular formula is C15H28N2O6. The molecule has 0 spiro atoms. The van der Waals surface area contributed by atoms with Crippen LogP contribution < -0.4 is 10.6 Å². The number of alkyl carbamates (subject to hydrolysis) is 2. The second-order valence-corrected chi connectivity index (χ2v) is 7.08. The molecule has 2 amide bonds. The monoisotopic (exact) mass is 332 g/mol. The van der Waals surface area contributed by atoms with E-state index in [2.05, 4.69) is 15.4 Å². The van der Waals surface area contributed by atoms with Crippen LogP contribution in [0.3, 0.4) is 0 Å². The van der Waals surface area contributed by atoms with Crippen molar-refractivity contribution in [2.24, 2.45) is 0 Å². The van der Waals surface area contributed by atoms with Crippen LogP contribution in [0, 0.1) is 0 Å². The molecule has 8 nitrogen and oxygen atoms in total. The van der Waals surface area contributed by atoms with Gasteiger partial charge in [-0.25, -0.2) is 14.4 Å². The zero-order valence-corrected chi connectivity index (χ0v) is 15.1. The fourth-order valence-electron chi connectivity index (χ4n) is 1.53. The first kappa shape index (κ1) is 21.0. The minimum Gasteiger partial charge on any atom is -0.467 e. The Morgan fingerprint density at radius 2 is 1.22 bits per heavy atom. The van der Waals surface area contributed by atoms with Gasteiger partial charge in [-0.15, -0.1) is 0 Å². The van der Waals surface area contributed by atoms with Crippen molar-refractivity contribution in [2.45, 2.75) is 71.8 Å². The molecule has 0 saturated carbocycles. The Hall–Kier alpha value is -1.99. The van der Waals surface area contributed by atoms with E-state index >= 15 is 0 Å². The molecule has 0 saturated heterocycles. The average Bonchev–Trinajstić information content (AvgIpc) is 2.30. The Morgan fingerprint density at radius 1 is 0.826 bits per heavy atom. The number of carbonyl (C=O) groups is 3. The number of esters is 1. The number of nitrogens with one attached hydrogen (secondary N) is 2. The molecular weight excluding hydrogens is 304 g/mol. The topological polar surface area (TPSA) is 103 Å². The van der Waals surface area contributed by atoms with Gasteiger partial charge >= 0.3 is 18.2 Å². The zero-order valence-electron chi connectivity index (χ0n) is 15.1. The largest absolute Gasteiger partial charge is 0.467 e. The van der Waals surface area contributed by atoms with Crippen molar-refractivity contribution in [3.63, 3.8) is 0 Å². The van der Waals surface area contributed by atoms with Crippen LogP contribution in [0.15, 0.2) is 0 Å². The lowest BCUT2D eigenvalue weighted by Crippen LogP contribution is -2.55. The van der Waals surface area contributed by atoms with Gasteiger partial charge in [0, 0.05) is 0 Å². The molecule has 0 fully saturated rings. The highest BCUT2D eigenvalue weighted by atomic mass is 16.6. The number of carbonyl (C=O) groups excluding carboxylic acids is 3. The van der Waals surface area contributed by atoms with Gasteiger partial charge in [0.2, 0.25) is 0 Å². The molecule has 2 N–H and O–H groups in total. The molecule has 134 valence electrons. The summed E-state index contributed by atoms with van der Waals surface area (Å²) in [4.78, 5) is 35.4. The highest BCUT2D eigenvalue weighted by Gasteiger charge is 2.31. The molecule has 0 heterocycles. The molecule has 0 radical (unpaired) electrons. The zero-order chi connectivity index (χ0) is 18.4. The Bertz CT molecular complexity index is 436. The molecule has 0 aromatic heterocycles. The number of methoxy groups -OCH3 is 1. The molecule has 8 heteroatoms. The van der Waals surface area contributed by atoms with E-state index < -0.39 is 41.4 Å². The average molecular weight is 332 g/mol. The van der Waals surface area contributed by atoms with Crippen LogP contribution in [0.5, 0.6) is 0 Å². The van der Waals surface area contributed by atoms with E-state index in [1.165, 1.54) is 7.11 Å². The summed E-state index contributed by atoms with van der Waals surface area (Å²) >= 11 is 0. The summed E-state index contributed by atoms with van der Waals surface area (Å²) in [6.07, 6.45) is -1.49. The van der Waals surface area contributed by atoms with Gasteiger partial charge in [-0.3, -0.25) is 0 Å².